The highest BCUT2D eigenvalue weighted by Gasteiger charge is 2.18. The maximum atomic E-state index is 12.0. The molecule has 0 fully saturated rings. The molecule has 1 aromatic carbocycles. The van der Waals surface area contributed by atoms with E-state index in [0.717, 1.165) is 16.0 Å². The number of halogens is 1. The molecular formula is C16H15ClN2O2S. The molecule has 1 heterocycles. The highest BCUT2D eigenvalue weighted by atomic mass is 35.5. The number of hydrogen-bond acceptors (Lipinski definition) is 3. The fourth-order valence-corrected chi connectivity index (χ4v) is 3.11. The van der Waals surface area contributed by atoms with E-state index in [2.05, 4.69) is 5.32 Å². The summed E-state index contributed by atoms with van der Waals surface area (Å²) in [7, 11) is 0. The van der Waals surface area contributed by atoms with Gasteiger partial charge in [0.2, 0.25) is 5.91 Å². The van der Waals surface area contributed by atoms with Crippen LogP contribution in [-0.2, 0) is 4.79 Å². The van der Waals surface area contributed by atoms with Gasteiger partial charge in [-0.05, 0) is 43.2 Å². The Bertz CT molecular complexity index is 748. The van der Waals surface area contributed by atoms with Crippen molar-refractivity contribution in [2.45, 2.75) is 13.8 Å². The molecule has 0 aliphatic carbocycles. The Morgan fingerprint density at radius 3 is 2.45 bits per heavy atom. The lowest BCUT2D eigenvalue weighted by Crippen LogP contribution is -2.16. The second-order valence-corrected chi connectivity index (χ2v) is 6.39. The first-order valence-corrected chi connectivity index (χ1v) is 7.72. The second kappa shape index (κ2) is 6.77. The third-order valence-electron chi connectivity index (χ3n) is 3.17. The predicted molar refractivity (Wildman–Crippen MR) is 91.4 cm³/mol. The Hall–Kier alpha value is -2.11. The zero-order valence-electron chi connectivity index (χ0n) is 12.1. The highest BCUT2D eigenvalue weighted by molar-refractivity contribution is 7.16. The van der Waals surface area contributed by atoms with Crippen LogP contribution in [0, 0.1) is 13.8 Å². The zero-order chi connectivity index (χ0) is 16.3. The molecule has 0 spiro atoms. The summed E-state index contributed by atoms with van der Waals surface area (Å²) in [5.41, 5.74) is 7.40. The number of carbonyl (C=O) groups excluding carboxylic acids is 2. The summed E-state index contributed by atoms with van der Waals surface area (Å²) < 4.78 is 0. The topological polar surface area (TPSA) is 72.2 Å². The monoisotopic (exact) mass is 334 g/mol. The van der Waals surface area contributed by atoms with Crippen molar-refractivity contribution in [3.05, 3.63) is 56.9 Å². The van der Waals surface area contributed by atoms with E-state index in [4.69, 9.17) is 17.3 Å². The standard InChI is InChI=1S/C16H15ClN2O2S/c1-9-10(2)22-16(14(9)15(18)21)19-13(20)8-5-11-3-6-12(17)7-4-11/h3-8H,1-2H3,(H2,18,21)(H,19,20). The van der Waals surface area contributed by atoms with Gasteiger partial charge in [-0.1, -0.05) is 23.7 Å². The number of amides is 2. The molecule has 0 aliphatic heterocycles. The van der Waals surface area contributed by atoms with Gasteiger partial charge in [-0.3, -0.25) is 9.59 Å². The van der Waals surface area contributed by atoms with E-state index in [9.17, 15) is 9.59 Å². The summed E-state index contributed by atoms with van der Waals surface area (Å²) in [5, 5.41) is 3.82. The maximum Gasteiger partial charge on any atom is 0.251 e. The molecule has 6 heteroatoms. The SMILES string of the molecule is Cc1sc(NC(=O)C=Cc2ccc(Cl)cc2)c(C(N)=O)c1C. The van der Waals surface area contributed by atoms with Gasteiger partial charge in [0, 0.05) is 16.0 Å². The lowest BCUT2D eigenvalue weighted by molar-refractivity contribution is -0.111. The lowest BCUT2D eigenvalue weighted by atomic mass is 10.1. The number of benzene rings is 1. The van der Waals surface area contributed by atoms with Crippen LogP contribution in [0.1, 0.15) is 26.4 Å². The van der Waals surface area contributed by atoms with Crippen molar-refractivity contribution in [3.63, 3.8) is 0 Å². The van der Waals surface area contributed by atoms with Crippen molar-refractivity contribution in [2.24, 2.45) is 5.73 Å². The van der Waals surface area contributed by atoms with E-state index >= 15 is 0 Å². The average molecular weight is 335 g/mol. The van der Waals surface area contributed by atoms with Crippen LogP contribution in [0.3, 0.4) is 0 Å². The summed E-state index contributed by atoms with van der Waals surface area (Å²) >= 11 is 7.14. The van der Waals surface area contributed by atoms with E-state index in [1.807, 2.05) is 13.8 Å². The van der Waals surface area contributed by atoms with Crippen LogP contribution < -0.4 is 11.1 Å². The van der Waals surface area contributed by atoms with Gasteiger partial charge < -0.3 is 11.1 Å². The quantitative estimate of drug-likeness (QED) is 0.835. The summed E-state index contributed by atoms with van der Waals surface area (Å²) in [4.78, 5) is 24.4. The first kappa shape index (κ1) is 16.3. The number of nitrogens with two attached hydrogens (primary N) is 1. The largest absolute Gasteiger partial charge is 0.365 e. The molecule has 0 saturated carbocycles. The summed E-state index contributed by atoms with van der Waals surface area (Å²) in [5.74, 6) is -0.863. The number of hydrogen-bond donors (Lipinski definition) is 2. The third kappa shape index (κ3) is 3.75. The van der Waals surface area contributed by atoms with Gasteiger partial charge in [-0.25, -0.2) is 0 Å². The van der Waals surface area contributed by atoms with Crippen LogP contribution in [0.5, 0.6) is 0 Å². The fraction of sp³-hybridized carbons (Fsp3) is 0.125. The number of primary amides is 1. The van der Waals surface area contributed by atoms with Gasteiger partial charge in [0.25, 0.3) is 5.91 Å². The Balaban J connectivity index is 2.14. The van der Waals surface area contributed by atoms with E-state index in [1.165, 1.54) is 17.4 Å². The van der Waals surface area contributed by atoms with E-state index < -0.39 is 5.91 Å². The van der Waals surface area contributed by atoms with Gasteiger partial charge >= 0.3 is 0 Å². The van der Waals surface area contributed by atoms with Crippen LogP contribution in [0.25, 0.3) is 6.08 Å². The minimum absolute atomic E-state index is 0.321. The van der Waals surface area contributed by atoms with E-state index in [1.54, 1.807) is 30.3 Å². The number of thiophene rings is 1. The fourth-order valence-electron chi connectivity index (χ4n) is 1.91. The average Bonchev–Trinajstić information content (AvgIpc) is 2.73. The Morgan fingerprint density at radius 2 is 1.86 bits per heavy atom. The summed E-state index contributed by atoms with van der Waals surface area (Å²) in [6.07, 6.45) is 3.07. The van der Waals surface area contributed by atoms with Gasteiger partial charge in [0.15, 0.2) is 0 Å². The van der Waals surface area contributed by atoms with Crippen LogP contribution >= 0.6 is 22.9 Å². The summed E-state index contributed by atoms with van der Waals surface area (Å²) in [6.45, 7) is 3.69. The predicted octanol–water partition coefficient (Wildman–Crippen LogP) is 3.77. The van der Waals surface area contributed by atoms with Gasteiger partial charge in [0.05, 0.1) is 5.56 Å². The molecule has 2 amide bonds. The molecule has 1 aromatic heterocycles. The third-order valence-corrected chi connectivity index (χ3v) is 4.54. The normalized spacial score (nSPS) is 10.9. The minimum Gasteiger partial charge on any atom is -0.365 e. The van der Waals surface area contributed by atoms with Gasteiger partial charge in [-0.15, -0.1) is 11.3 Å². The van der Waals surface area contributed by atoms with Crippen molar-refractivity contribution in [2.75, 3.05) is 5.32 Å². The molecule has 0 radical (unpaired) electrons. The van der Waals surface area contributed by atoms with Gasteiger partial charge in [0.1, 0.15) is 5.00 Å². The molecule has 3 N–H and O–H groups in total. The first-order chi connectivity index (χ1) is 10.4. The van der Waals surface area contributed by atoms with Crippen molar-refractivity contribution in [3.8, 4) is 0 Å². The minimum atomic E-state index is -0.543. The van der Waals surface area contributed by atoms with Crippen LogP contribution in [-0.4, -0.2) is 11.8 Å². The lowest BCUT2D eigenvalue weighted by Gasteiger charge is -2.02. The van der Waals surface area contributed by atoms with Crippen LogP contribution in [0.15, 0.2) is 30.3 Å². The molecule has 2 aromatic rings. The molecule has 0 unspecified atom stereocenters. The maximum absolute atomic E-state index is 12.0. The number of carbonyl (C=O) groups is 2. The number of rotatable bonds is 4. The van der Waals surface area contributed by atoms with E-state index in [-0.39, 0.29) is 5.91 Å². The number of aryl methyl sites for hydroxylation is 1. The van der Waals surface area contributed by atoms with Crippen LogP contribution in [0.2, 0.25) is 5.02 Å². The Kier molecular flexibility index (Phi) is 5.00. The van der Waals surface area contributed by atoms with Crippen molar-refractivity contribution < 1.29 is 9.59 Å². The molecule has 22 heavy (non-hydrogen) atoms. The summed E-state index contributed by atoms with van der Waals surface area (Å²) in [6, 6.07) is 7.10. The first-order valence-electron chi connectivity index (χ1n) is 6.53. The van der Waals surface area contributed by atoms with Crippen LogP contribution in [0.4, 0.5) is 5.00 Å². The highest BCUT2D eigenvalue weighted by Crippen LogP contribution is 2.31. The molecule has 114 valence electrons. The zero-order valence-corrected chi connectivity index (χ0v) is 13.7. The number of anilines is 1. The molecule has 0 saturated heterocycles. The van der Waals surface area contributed by atoms with Crippen molar-refractivity contribution >= 4 is 45.8 Å². The molecule has 2 rings (SSSR count). The van der Waals surface area contributed by atoms with E-state index in [0.29, 0.717) is 15.6 Å². The molecule has 0 atom stereocenters. The molecule has 0 aliphatic rings. The number of nitrogens with one attached hydrogen (secondary N) is 1. The second-order valence-electron chi connectivity index (χ2n) is 4.73. The molecular weight excluding hydrogens is 320 g/mol. The van der Waals surface area contributed by atoms with Crippen molar-refractivity contribution in [1.82, 2.24) is 0 Å². The Morgan fingerprint density at radius 1 is 1.23 bits per heavy atom. The smallest absolute Gasteiger partial charge is 0.251 e. The molecule has 4 nitrogen and oxygen atoms in total. The van der Waals surface area contributed by atoms with Gasteiger partial charge in [-0.2, -0.15) is 0 Å². The molecule has 0 bridgehead atoms. The Labute approximate surface area is 137 Å². The van der Waals surface area contributed by atoms with Crippen molar-refractivity contribution in [1.29, 1.82) is 0 Å².